The Balaban J connectivity index is 2.14. The predicted octanol–water partition coefficient (Wildman–Crippen LogP) is 3.74. The molecule has 0 bridgehead atoms. The fraction of sp³-hybridized carbons (Fsp3) is 0.250. The first-order chi connectivity index (χ1) is 9.19. The first kappa shape index (κ1) is 13.8. The average Bonchev–Trinajstić information content (AvgIpc) is 2.40. The minimum atomic E-state index is 0.380. The number of anilines is 3. The summed E-state index contributed by atoms with van der Waals surface area (Å²) in [5.74, 6) is 1.05. The van der Waals surface area contributed by atoms with Crippen LogP contribution in [0.3, 0.4) is 0 Å². The van der Waals surface area contributed by atoms with Gasteiger partial charge in [-0.2, -0.15) is 10.1 Å². The smallest absolute Gasteiger partial charge is 0.249 e. The third-order valence-corrected chi connectivity index (χ3v) is 2.84. The maximum atomic E-state index is 6.06. The second kappa shape index (κ2) is 6.54. The topological polar surface area (TPSA) is 62.7 Å². The van der Waals surface area contributed by atoms with Crippen molar-refractivity contribution in [3.63, 3.8) is 0 Å². The van der Waals surface area contributed by atoms with Gasteiger partial charge in [0.25, 0.3) is 0 Å². The summed E-state index contributed by atoms with van der Waals surface area (Å²) in [6.07, 6.45) is 2.58. The van der Waals surface area contributed by atoms with E-state index in [1.165, 1.54) is 0 Å². The highest BCUT2D eigenvalue weighted by Gasteiger charge is 2.05. The Hall–Kier alpha value is -1.59. The van der Waals surface area contributed by atoms with Crippen molar-refractivity contribution in [2.75, 3.05) is 17.2 Å². The molecule has 0 fully saturated rings. The first-order valence-corrected chi connectivity index (χ1v) is 6.60. The van der Waals surface area contributed by atoms with Crippen LogP contribution in [0.2, 0.25) is 10.0 Å². The summed E-state index contributed by atoms with van der Waals surface area (Å²) >= 11 is 11.9. The molecular formula is C12H13Cl2N5. The summed E-state index contributed by atoms with van der Waals surface area (Å²) in [5.41, 5.74) is 0.681. The Morgan fingerprint density at radius 2 is 2.11 bits per heavy atom. The number of benzene rings is 1. The van der Waals surface area contributed by atoms with Gasteiger partial charge in [0.1, 0.15) is 0 Å². The lowest BCUT2D eigenvalue weighted by atomic mass is 10.3. The standard InChI is InChI=1S/C12H13Cl2N5/c1-2-5-15-11-7-16-19-12(18-11)17-10-4-3-8(13)6-9(10)14/h3-4,6-7H,2,5H2,1H3,(H2,15,17,18,19). The largest absolute Gasteiger partial charge is 0.369 e. The molecule has 100 valence electrons. The van der Waals surface area contributed by atoms with Crippen LogP contribution in [0.25, 0.3) is 0 Å². The summed E-state index contributed by atoms with van der Waals surface area (Å²) in [6.45, 7) is 2.91. The molecule has 0 saturated carbocycles. The van der Waals surface area contributed by atoms with E-state index in [1.54, 1.807) is 24.4 Å². The van der Waals surface area contributed by atoms with E-state index in [1.807, 2.05) is 0 Å². The van der Waals surface area contributed by atoms with E-state index in [9.17, 15) is 0 Å². The van der Waals surface area contributed by atoms with Gasteiger partial charge in [0.05, 0.1) is 16.9 Å². The van der Waals surface area contributed by atoms with E-state index in [0.717, 1.165) is 13.0 Å². The normalized spacial score (nSPS) is 10.3. The molecule has 1 aromatic heterocycles. The molecule has 0 amide bonds. The maximum absolute atomic E-state index is 6.06. The van der Waals surface area contributed by atoms with Crippen LogP contribution >= 0.6 is 23.2 Å². The zero-order chi connectivity index (χ0) is 13.7. The minimum Gasteiger partial charge on any atom is -0.369 e. The zero-order valence-corrected chi connectivity index (χ0v) is 11.8. The van der Waals surface area contributed by atoms with Crippen LogP contribution in [0, 0.1) is 0 Å². The van der Waals surface area contributed by atoms with Crippen LogP contribution < -0.4 is 10.6 Å². The Morgan fingerprint density at radius 1 is 1.26 bits per heavy atom. The number of hydrogen-bond donors (Lipinski definition) is 2. The van der Waals surface area contributed by atoms with Crippen molar-refractivity contribution < 1.29 is 0 Å². The molecule has 0 aliphatic rings. The molecule has 0 saturated heterocycles. The number of halogens is 2. The van der Waals surface area contributed by atoms with Gasteiger partial charge in [0.15, 0.2) is 5.82 Å². The van der Waals surface area contributed by atoms with E-state index in [2.05, 4.69) is 32.7 Å². The lowest BCUT2D eigenvalue weighted by Crippen LogP contribution is -2.06. The van der Waals surface area contributed by atoms with Gasteiger partial charge >= 0.3 is 0 Å². The van der Waals surface area contributed by atoms with Crippen LogP contribution in [0.4, 0.5) is 17.5 Å². The first-order valence-electron chi connectivity index (χ1n) is 5.84. The van der Waals surface area contributed by atoms with Gasteiger partial charge in [0, 0.05) is 11.6 Å². The fourth-order valence-corrected chi connectivity index (χ4v) is 1.86. The van der Waals surface area contributed by atoms with Gasteiger partial charge in [-0.3, -0.25) is 0 Å². The van der Waals surface area contributed by atoms with Crippen LogP contribution in [0.1, 0.15) is 13.3 Å². The zero-order valence-electron chi connectivity index (χ0n) is 10.3. The summed E-state index contributed by atoms with van der Waals surface area (Å²) in [6, 6.07) is 5.15. The summed E-state index contributed by atoms with van der Waals surface area (Å²) in [7, 11) is 0. The van der Waals surface area contributed by atoms with Crippen LogP contribution in [0.15, 0.2) is 24.4 Å². The molecule has 0 aliphatic heterocycles. The van der Waals surface area contributed by atoms with Gasteiger partial charge in [-0.15, -0.1) is 5.10 Å². The second-order valence-corrected chi connectivity index (χ2v) is 4.68. The van der Waals surface area contributed by atoms with Crippen LogP contribution in [-0.4, -0.2) is 21.7 Å². The van der Waals surface area contributed by atoms with Crippen molar-refractivity contribution in [2.24, 2.45) is 0 Å². The average molecular weight is 298 g/mol. The highest BCUT2D eigenvalue weighted by atomic mass is 35.5. The molecule has 0 aliphatic carbocycles. The number of hydrogen-bond acceptors (Lipinski definition) is 5. The summed E-state index contributed by atoms with van der Waals surface area (Å²) < 4.78 is 0. The molecule has 0 atom stereocenters. The molecule has 0 unspecified atom stereocenters. The minimum absolute atomic E-state index is 0.380. The monoisotopic (exact) mass is 297 g/mol. The number of rotatable bonds is 5. The molecule has 2 rings (SSSR count). The second-order valence-electron chi connectivity index (χ2n) is 3.84. The van der Waals surface area contributed by atoms with E-state index in [4.69, 9.17) is 23.2 Å². The van der Waals surface area contributed by atoms with E-state index < -0.39 is 0 Å². The lowest BCUT2D eigenvalue weighted by molar-refractivity contribution is 0.935. The van der Waals surface area contributed by atoms with Gasteiger partial charge in [-0.1, -0.05) is 30.1 Å². The van der Waals surface area contributed by atoms with Gasteiger partial charge in [-0.25, -0.2) is 0 Å². The molecule has 1 heterocycles. The van der Waals surface area contributed by atoms with E-state index in [-0.39, 0.29) is 0 Å². The van der Waals surface area contributed by atoms with Crippen molar-refractivity contribution in [2.45, 2.75) is 13.3 Å². The van der Waals surface area contributed by atoms with Gasteiger partial charge in [-0.05, 0) is 24.6 Å². The lowest BCUT2D eigenvalue weighted by Gasteiger charge is -2.08. The Bertz CT molecular complexity index is 562. The van der Waals surface area contributed by atoms with Crippen molar-refractivity contribution in [3.05, 3.63) is 34.4 Å². The third-order valence-electron chi connectivity index (χ3n) is 2.29. The number of nitrogens with one attached hydrogen (secondary N) is 2. The number of aromatic nitrogens is 3. The number of nitrogens with zero attached hydrogens (tertiary/aromatic N) is 3. The molecular weight excluding hydrogens is 285 g/mol. The fourth-order valence-electron chi connectivity index (χ4n) is 1.41. The predicted molar refractivity (Wildman–Crippen MR) is 78.4 cm³/mol. The molecule has 0 spiro atoms. The van der Waals surface area contributed by atoms with E-state index in [0.29, 0.717) is 27.5 Å². The van der Waals surface area contributed by atoms with Crippen LogP contribution in [0.5, 0.6) is 0 Å². The SMILES string of the molecule is CCCNc1cnnc(Nc2ccc(Cl)cc2Cl)n1. The summed E-state index contributed by atoms with van der Waals surface area (Å²) in [5, 5.41) is 15.0. The molecule has 7 heteroatoms. The van der Waals surface area contributed by atoms with E-state index >= 15 is 0 Å². The molecule has 2 aromatic rings. The Morgan fingerprint density at radius 3 is 2.84 bits per heavy atom. The molecule has 19 heavy (non-hydrogen) atoms. The highest BCUT2D eigenvalue weighted by molar-refractivity contribution is 6.36. The van der Waals surface area contributed by atoms with Gasteiger partial charge in [0.2, 0.25) is 5.95 Å². The van der Waals surface area contributed by atoms with Crippen molar-refractivity contribution in [3.8, 4) is 0 Å². The molecule has 5 nitrogen and oxygen atoms in total. The molecule has 2 N–H and O–H groups in total. The summed E-state index contributed by atoms with van der Waals surface area (Å²) in [4.78, 5) is 4.28. The maximum Gasteiger partial charge on any atom is 0.249 e. The van der Waals surface area contributed by atoms with Gasteiger partial charge < -0.3 is 10.6 Å². The Labute approximate surface area is 121 Å². The van der Waals surface area contributed by atoms with Crippen molar-refractivity contribution >= 4 is 40.7 Å². The third kappa shape index (κ3) is 3.94. The van der Waals surface area contributed by atoms with Crippen molar-refractivity contribution in [1.82, 2.24) is 15.2 Å². The van der Waals surface area contributed by atoms with Crippen molar-refractivity contribution in [1.29, 1.82) is 0 Å². The molecule has 1 aromatic carbocycles. The van der Waals surface area contributed by atoms with Crippen LogP contribution in [-0.2, 0) is 0 Å². The quantitative estimate of drug-likeness (QED) is 0.880. The molecule has 0 radical (unpaired) electrons. The Kier molecular flexibility index (Phi) is 4.76. The highest BCUT2D eigenvalue weighted by Crippen LogP contribution is 2.27.